The van der Waals surface area contributed by atoms with E-state index in [1.807, 2.05) is 7.05 Å². The lowest BCUT2D eigenvalue weighted by Gasteiger charge is -2.11. The van der Waals surface area contributed by atoms with Gasteiger partial charge in [-0.2, -0.15) is 0 Å². The van der Waals surface area contributed by atoms with Crippen LogP contribution in [-0.4, -0.2) is 19.4 Å². The van der Waals surface area contributed by atoms with Gasteiger partial charge in [0.2, 0.25) is 0 Å². The van der Waals surface area contributed by atoms with Gasteiger partial charge >= 0.3 is 0 Å². The van der Waals surface area contributed by atoms with Crippen LogP contribution < -0.4 is 5.32 Å². The van der Waals surface area contributed by atoms with E-state index in [-0.39, 0.29) is 0 Å². The minimum absolute atomic E-state index is 0.309. The van der Waals surface area contributed by atoms with E-state index in [0.717, 1.165) is 32.2 Å². The molecule has 0 aliphatic rings. The van der Waals surface area contributed by atoms with Gasteiger partial charge in [0.15, 0.2) is 0 Å². The van der Waals surface area contributed by atoms with E-state index in [9.17, 15) is 4.79 Å². The molecule has 1 N–H and O–H groups in total. The zero-order valence-corrected chi connectivity index (χ0v) is 8.52. The van der Waals surface area contributed by atoms with Gasteiger partial charge in [-0.25, -0.2) is 0 Å². The number of Topliss-reactive ketones (excluding diaryl/α,β-unsaturated/α-hetero) is 1. The van der Waals surface area contributed by atoms with Crippen molar-refractivity contribution in [2.45, 2.75) is 39.5 Å². The van der Waals surface area contributed by atoms with Gasteiger partial charge in [0, 0.05) is 5.92 Å². The Morgan fingerprint density at radius 3 is 2.50 bits per heavy atom. The first kappa shape index (κ1) is 11.6. The minimum Gasteiger partial charge on any atom is -0.320 e. The normalized spacial score (nSPS) is 12.9. The quantitative estimate of drug-likeness (QED) is 0.593. The third-order valence-electron chi connectivity index (χ3n) is 2.19. The van der Waals surface area contributed by atoms with E-state index in [0.29, 0.717) is 11.7 Å². The molecule has 0 unspecified atom stereocenters. The van der Waals surface area contributed by atoms with Crippen LogP contribution in [0.25, 0.3) is 0 Å². The highest BCUT2D eigenvalue weighted by Gasteiger charge is 2.11. The minimum atomic E-state index is 0.309. The summed E-state index contributed by atoms with van der Waals surface area (Å²) < 4.78 is 0. The van der Waals surface area contributed by atoms with Crippen LogP contribution in [0.4, 0.5) is 0 Å². The van der Waals surface area contributed by atoms with E-state index in [4.69, 9.17) is 0 Å². The Bertz CT molecular complexity index is 123. The first-order chi connectivity index (χ1) is 5.72. The van der Waals surface area contributed by atoms with Gasteiger partial charge in [-0.3, -0.25) is 4.79 Å². The summed E-state index contributed by atoms with van der Waals surface area (Å²) in [7, 11) is 1.95. The lowest BCUT2D eigenvalue weighted by molar-refractivity contribution is -0.121. The topological polar surface area (TPSA) is 29.1 Å². The van der Waals surface area contributed by atoms with Gasteiger partial charge in [0.05, 0.1) is 0 Å². The summed E-state index contributed by atoms with van der Waals surface area (Å²) in [6.45, 7) is 4.86. The summed E-state index contributed by atoms with van der Waals surface area (Å²) in [5.41, 5.74) is 0. The predicted molar refractivity (Wildman–Crippen MR) is 52.2 cm³/mol. The zero-order valence-electron chi connectivity index (χ0n) is 8.52. The van der Waals surface area contributed by atoms with Crippen molar-refractivity contribution in [1.82, 2.24) is 5.32 Å². The molecule has 72 valence electrons. The highest BCUT2D eigenvalue weighted by molar-refractivity contribution is 5.78. The summed E-state index contributed by atoms with van der Waals surface area (Å²) in [6, 6.07) is 0. The van der Waals surface area contributed by atoms with Crippen molar-refractivity contribution in [3.63, 3.8) is 0 Å². The monoisotopic (exact) mass is 171 g/mol. The summed E-state index contributed by atoms with van der Waals surface area (Å²) in [5.74, 6) is 0.663. The highest BCUT2D eigenvalue weighted by atomic mass is 16.1. The number of ketones is 1. The molecule has 0 aromatic carbocycles. The van der Waals surface area contributed by atoms with Crippen LogP contribution in [0.2, 0.25) is 0 Å². The van der Waals surface area contributed by atoms with Crippen LogP contribution in [0.3, 0.4) is 0 Å². The summed E-state index contributed by atoms with van der Waals surface area (Å²) in [6.07, 6.45) is 4.33. The van der Waals surface area contributed by atoms with Crippen molar-refractivity contribution in [1.29, 1.82) is 0 Å². The summed E-state index contributed by atoms with van der Waals surface area (Å²) >= 11 is 0. The second-order valence-corrected chi connectivity index (χ2v) is 3.34. The molecule has 0 radical (unpaired) electrons. The lowest BCUT2D eigenvalue weighted by Crippen LogP contribution is -2.14. The molecule has 0 aromatic heterocycles. The second-order valence-electron chi connectivity index (χ2n) is 3.34. The van der Waals surface area contributed by atoms with E-state index in [1.165, 1.54) is 0 Å². The Hall–Kier alpha value is -0.370. The average Bonchev–Trinajstić information content (AvgIpc) is 2.03. The van der Waals surface area contributed by atoms with Crippen LogP contribution in [0.5, 0.6) is 0 Å². The largest absolute Gasteiger partial charge is 0.320 e. The molecular formula is C10H21NO. The van der Waals surface area contributed by atoms with Crippen molar-refractivity contribution in [3.8, 4) is 0 Å². The molecule has 0 bridgehead atoms. The van der Waals surface area contributed by atoms with Gasteiger partial charge in [0.25, 0.3) is 0 Å². The van der Waals surface area contributed by atoms with Crippen LogP contribution in [0, 0.1) is 5.92 Å². The summed E-state index contributed by atoms with van der Waals surface area (Å²) in [4.78, 5) is 11.1. The summed E-state index contributed by atoms with van der Waals surface area (Å²) in [5, 5.41) is 3.09. The van der Waals surface area contributed by atoms with E-state index in [2.05, 4.69) is 12.2 Å². The third kappa shape index (κ3) is 5.30. The molecule has 2 nitrogen and oxygen atoms in total. The van der Waals surface area contributed by atoms with Gasteiger partial charge in [-0.15, -0.1) is 0 Å². The second kappa shape index (κ2) is 7.29. The first-order valence-electron chi connectivity index (χ1n) is 4.87. The SMILES string of the molecule is CCC[C@@H](CCCNC)C(C)=O. The average molecular weight is 171 g/mol. The van der Waals surface area contributed by atoms with Crippen LogP contribution in [-0.2, 0) is 4.79 Å². The van der Waals surface area contributed by atoms with E-state index >= 15 is 0 Å². The molecule has 1 atom stereocenters. The maximum Gasteiger partial charge on any atom is 0.132 e. The molecule has 0 aromatic rings. The molecule has 0 heterocycles. The lowest BCUT2D eigenvalue weighted by atomic mass is 9.94. The Morgan fingerprint density at radius 1 is 1.42 bits per heavy atom. The number of nitrogens with one attached hydrogen (secondary N) is 1. The maximum absolute atomic E-state index is 11.1. The molecule has 0 aliphatic heterocycles. The number of rotatable bonds is 7. The van der Waals surface area contributed by atoms with E-state index in [1.54, 1.807) is 6.92 Å². The molecule has 2 heteroatoms. The Balaban J connectivity index is 3.56. The van der Waals surface area contributed by atoms with E-state index < -0.39 is 0 Å². The molecule has 0 amide bonds. The van der Waals surface area contributed by atoms with Crippen molar-refractivity contribution >= 4 is 5.78 Å². The molecule has 0 saturated heterocycles. The highest BCUT2D eigenvalue weighted by Crippen LogP contribution is 2.13. The maximum atomic E-state index is 11.1. The molecule has 0 rings (SSSR count). The van der Waals surface area contributed by atoms with Gasteiger partial charge in [-0.1, -0.05) is 13.3 Å². The molecule has 0 fully saturated rings. The fraction of sp³-hybridized carbons (Fsp3) is 0.900. The van der Waals surface area contributed by atoms with Crippen LogP contribution >= 0.6 is 0 Å². The first-order valence-corrected chi connectivity index (χ1v) is 4.87. The van der Waals surface area contributed by atoms with Gasteiger partial charge < -0.3 is 5.32 Å². The molecular weight excluding hydrogens is 150 g/mol. The Kier molecular flexibility index (Phi) is 7.06. The van der Waals surface area contributed by atoms with Gasteiger partial charge in [0.1, 0.15) is 5.78 Å². The number of carbonyl (C=O) groups is 1. The van der Waals surface area contributed by atoms with Crippen LogP contribution in [0.1, 0.15) is 39.5 Å². The van der Waals surface area contributed by atoms with Crippen molar-refractivity contribution in [2.75, 3.05) is 13.6 Å². The molecule has 0 aliphatic carbocycles. The standard InChI is InChI=1S/C10H21NO/c1-4-6-10(9(2)12)7-5-8-11-3/h10-11H,4-8H2,1-3H3/t10-/m0/s1. The molecule has 12 heavy (non-hydrogen) atoms. The fourth-order valence-corrected chi connectivity index (χ4v) is 1.42. The van der Waals surface area contributed by atoms with Crippen molar-refractivity contribution in [3.05, 3.63) is 0 Å². The smallest absolute Gasteiger partial charge is 0.132 e. The molecule has 0 saturated carbocycles. The zero-order chi connectivity index (χ0) is 9.40. The fourth-order valence-electron chi connectivity index (χ4n) is 1.42. The number of hydrogen-bond donors (Lipinski definition) is 1. The number of carbonyl (C=O) groups excluding carboxylic acids is 1. The van der Waals surface area contributed by atoms with Crippen molar-refractivity contribution in [2.24, 2.45) is 5.92 Å². The Labute approximate surface area is 75.7 Å². The molecule has 0 spiro atoms. The third-order valence-corrected chi connectivity index (χ3v) is 2.19. The van der Waals surface area contributed by atoms with Crippen molar-refractivity contribution < 1.29 is 4.79 Å². The van der Waals surface area contributed by atoms with Gasteiger partial charge in [-0.05, 0) is 39.8 Å². The predicted octanol–water partition coefficient (Wildman–Crippen LogP) is 1.99. The van der Waals surface area contributed by atoms with Crippen LogP contribution in [0.15, 0.2) is 0 Å². The number of hydrogen-bond acceptors (Lipinski definition) is 2. The Morgan fingerprint density at radius 2 is 2.08 bits per heavy atom.